The normalized spacial score (nSPS) is 11.2. The van der Waals surface area contributed by atoms with Gasteiger partial charge in [-0.15, -0.1) is 14.8 Å². The molecule has 0 aliphatic heterocycles. The molecule has 0 aliphatic carbocycles. The Morgan fingerprint density at radius 3 is 2.86 bits per heavy atom. The molecule has 4 rings (SSSR count). The van der Waals surface area contributed by atoms with E-state index in [1.54, 1.807) is 11.8 Å². The Morgan fingerprint density at radius 1 is 0.952 bits per heavy atom. The minimum Gasteiger partial charge on any atom is -0.140 e. The molecule has 4 aromatic rings. The third-order valence-corrected chi connectivity index (χ3v) is 4.27. The van der Waals surface area contributed by atoms with Gasteiger partial charge in [-0.2, -0.15) is 0 Å². The van der Waals surface area contributed by atoms with Gasteiger partial charge in [-0.3, -0.25) is 0 Å². The highest BCUT2D eigenvalue weighted by Crippen LogP contribution is 2.26. The van der Waals surface area contributed by atoms with Crippen molar-refractivity contribution in [2.45, 2.75) is 10.8 Å². The van der Waals surface area contributed by atoms with E-state index < -0.39 is 0 Å². The maximum Gasteiger partial charge on any atom is 0.200 e. The van der Waals surface area contributed by atoms with Gasteiger partial charge in [-0.1, -0.05) is 54.2 Å². The molecule has 2 heterocycles. The molecule has 0 aliphatic rings. The van der Waals surface area contributed by atoms with Crippen LogP contribution in [0.15, 0.2) is 59.6 Å². The third-order valence-electron chi connectivity index (χ3n) is 3.30. The number of hydrogen-bond donors (Lipinski definition) is 0. The smallest absolute Gasteiger partial charge is 0.140 e. The summed E-state index contributed by atoms with van der Waals surface area (Å²) in [5.74, 6) is 0.863. The molecule has 0 amide bonds. The Bertz CT molecular complexity index is 913. The zero-order valence-corrected chi connectivity index (χ0v) is 11.9. The lowest BCUT2D eigenvalue weighted by atomic mass is 10.1. The first-order valence-corrected chi connectivity index (χ1v) is 7.53. The fourth-order valence-corrected chi connectivity index (χ4v) is 3.13. The average Bonchev–Trinajstić information content (AvgIpc) is 3.00. The molecule has 0 fully saturated rings. The fraction of sp³-hybridized carbons (Fsp3) is 0.0667. The van der Waals surface area contributed by atoms with Gasteiger partial charge in [-0.05, 0) is 38.9 Å². The zero-order valence-electron chi connectivity index (χ0n) is 11.0. The highest BCUT2D eigenvalue weighted by atomic mass is 32.2. The topological polar surface area (TPSA) is 56.0 Å². The summed E-state index contributed by atoms with van der Waals surface area (Å²) in [5.41, 5.74) is 1.96. The van der Waals surface area contributed by atoms with E-state index in [1.807, 2.05) is 12.1 Å². The number of hydrogen-bond acceptors (Lipinski definition) is 5. The largest absolute Gasteiger partial charge is 0.200 e. The molecule has 0 N–H and O–H groups in total. The Balaban J connectivity index is 1.63. The lowest BCUT2D eigenvalue weighted by Crippen LogP contribution is -1.95. The summed E-state index contributed by atoms with van der Waals surface area (Å²) < 4.78 is 1.45. The quantitative estimate of drug-likeness (QED) is 0.544. The van der Waals surface area contributed by atoms with Crippen LogP contribution in [0.25, 0.3) is 16.4 Å². The van der Waals surface area contributed by atoms with Gasteiger partial charge in [0.1, 0.15) is 5.03 Å². The van der Waals surface area contributed by atoms with Crippen LogP contribution in [-0.2, 0) is 5.75 Å². The first kappa shape index (κ1) is 12.3. The van der Waals surface area contributed by atoms with Crippen molar-refractivity contribution in [2.75, 3.05) is 0 Å². The number of benzene rings is 2. The Kier molecular flexibility index (Phi) is 3.01. The van der Waals surface area contributed by atoms with Gasteiger partial charge in [0, 0.05) is 5.75 Å². The summed E-state index contributed by atoms with van der Waals surface area (Å²) in [4.78, 5) is 0. The number of aromatic nitrogens is 5. The van der Waals surface area contributed by atoms with Crippen molar-refractivity contribution >= 4 is 28.2 Å². The zero-order chi connectivity index (χ0) is 14.1. The highest BCUT2D eigenvalue weighted by molar-refractivity contribution is 7.98. The van der Waals surface area contributed by atoms with Crippen LogP contribution in [0.5, 0.6) is 0 Å². The molecule has 5 nitrogen and oxygen atoms in total. The van der Waals surface area contributed by atoms with Gasteiger partial charge in [-0.25, -0.2) is 0 Å². The molecule has 0 radical (unpaired) electrons. The van der Waals surface area contributed by atoms with Gasteiger partial charge in [0.25, 0.3) is 0 Å². The summed E-state index contributed by atoms with van der Waals surface area (Å²) >= 11 is 1.68. The van der Waals surface area contributed by atoms with E-state index in [0.717, 1.165) is 10.8 Å². The number of fused-ring (bicyclic) bond motifs is 2. The van der Waals surface area contributed by atoms with E-state index >= 15 is 0 Å². The summed E-state index contributed by atoms with van der Waals surface area (Å²) in [6.07, 6.45) is 0. The van der Waals surface area contributed by atoms with Crippen molar-refractivity contribution in [3.8, 4) is 0 Å². The van der Waals surface area contributed by atoms with Crippen LogP contribution in [0.1, 0.15) is 5.56 Å². The Morgan fingerprint density at radius 2 is 1.86 bits per heavy atom. The molecule has 21 heavy (non-hydrogen) atoms. The predicted molar refractivity (Wildman–Crippen MR) is 82.1 cm³/mol. The minimum atomic E-state index is 0.657. The van der Waals surface area contributed by atoms with Gasteiger partial charge in [0.2, 0.25) is 0 Å². The predicted octanol–water partition coefficient (Wildman–Crippen LogP) is 2.96. The molecule has 0 spiro atoms. The summed E-state index contributed by atoms with van der Waals surface area (Å²) in [7, 11) is 0. The maximum atomic E-state index is 4.37. The molecule has 0 saturated carbocycles. The van der Waals surface area contributed by atoms with Crippen LogP contribution < -0.4 is 0 Å². The van der Waals surface area contributed by atoms with E-state index in [-0.39, 0.29) is 0 Å². The van der Waals surface area contributed by atoms with E-state index in [9.17, 15) is 0 Å². The van der Waals surface area contributed by atoms with Crippen LogP contribution in [-0.4, -0.2) is 25.3 Å². The Hall–Kier alpha value is -2.47. The SMILES string of the molecule is c1ccc2c(CSc3ccc4nnnn4n3)cccc2c1. The standard InChI is InChI=1S/C15H11N5S/c1-2-7-13-11(4-1)5-3-6-12(13)10-21-15-9-8-14-16-18-19-20(14)17-15/h1-9H,10H2. The van der Waals surface area contributed by atoms with Crippen molar-refractivity contribution in [1.82, 2.24) is 25.3 Å². The van der Waals surface area contributed by atoms with Gasteiger partial charge < -0.3 is 0 Å². The highest BCUT2D eigenvalue weighted by Gasteiger charge is 2.04. The van der Waals surface area contributed by atoms with Gasteiger partial charge >= 0.3 is 0 Å². The van der Waals surface area contributed by atoms with Crippen molar-refractivity contribution in [2.24, 2.45) is 0 Å². The van der Waals surface area contributed by atoms with Crippen LogP contribution >= 0.6 is 11.8 Å². The molecule has 0 unspecified atom stereocenters. The second kappa shape index (κ2) is 5.14. The molecular weight excluding hydrogens is 282 g/mol. The molecule has 0 bridgehead atoms. The van der Waals surface area contributed by atoms with E-state index in [4.69, 9.17) is 0 Å². The third kappa shape index (κ3) is 2.34. The van der Waals surface area contributed by atoms with Crippen molar-refractivity contribution in [3.63, 3.8) is 0 Å². The Labute approximate surface area is 125 Å². The number of thioether (sulfide) groups is 1. The minimum absolute atomic E-state index is 0.657. The van der Waals surface area contributed by atoms with Crippen molar-refractivity contribution < 1.29 is 0 Å². The summed E-state index contributed by atoms with van der Waals surface area (Å²) in [5, 5.41) is 19.1. The van der Waals surface area contributed by atoms with Crippen molar-refractivity contribution in [3.05, 3.63) is 60.2 Å². The van der Waals surface area contributed by atoms with E-state index in [2.05, 4.69) is 63.1 Å². The van der Waals surface area contributed by atoms with Gasteiger partial charge in [0.15, 0.2) is 5.65 Å². The second-order valence-corrected chi connectivity index (χ2v) is 5.62. The molecule has 0 atom stereocenters. The lowest BCUT2D eigenvalue weighted by Gasteiger charge is -2.06. The fourth-order valence-electron chi connectivity index (χ4n) is 2.28. The summed E-state index contributed by atoms with van der Waals surface area (Å²) in [6, 6.07) is 18.6. The summed E-state index contributed by atoms with van der Waals surface area (Å²) in [6.45, 7) is 0. The molecule has 0 saturated heterocycles. The molecule has 102 valence electrons. The van der Waals surface area contributed by atoms with Crippen molar-refractivity contribution in [1.29, 1.82) is 0 Å². The monoisotopic (exact) mass is 293 g/mol. The first-order valence-electron chi connectivity index (χ1n) is 6.55. The lowest BCUT2D eigenvalue weighted by molar-refractivity contribution is 0.702. The second-order valence-electron chi connectivity index (χ2n) is 4.63. The molecule has 2 aromatic carbocycles. The molecular formula is C15H11N5S. The van der Waals surface area contributed by atoms with E-state index in [1.165, 1.54) is 21.0 Å². The van der Waals surface area contributed by atoms with Crippen LogP contribution in [0.2, 0.25) is 0 Å². The molecule has 6 heteroatoms. The van der Waals surface area contributed by atoms with Crippen LogP contribution in [0.3, 0.4) is 0 Å². The number of nitrogens with zero attached hydrogens (tertiary/aromatic N) is 5. The number of rotatable bonds is 3. The van der Waals surface area contributed by atoms with E-state index in [0.29, 0.717) is 5.65 Å². The number of tetrazole rings is 1. The maximum absolute atomic E-state index is 4.37. The van der Waals surface area contributed by atoms with Crippen LogP contribution in [0, 0.1) is 0 Å². The first-order chi connectivity index (χ1) is 10.4. The average molecular weight is 293 g/mol. The molecule has 2 aromatic heterocycles. The van der Waals surface area contributed by atoms with Gasteiger partial charge in [0.05, 0.1) is 0 Å². The van der Waals surface area contributed by atoms with Crippen LogP contribution in [0.4, 0.5) is 0 Å².